The van der Waals surface area contributed by atoms with Crippen molar-refractivity contribution < 1.29 is 14.0 Å². The summed E-state index contributed by atoms with van der Waals surface area (Å²) in [6.07, 6.45) is 0.617. The van der Waals surface area contributed by atoms with Crippen molar-refractivity contribution in [3.8, 4) is 0 Å². The Labute approximate surface area is 169 Å². The predicted molar refractivity (Wildman–Crippen MR) is 111 cm³/mol. The number of amides is 2. The summed E-state index contributed by atoms with van der Waals surface area (Å²) < 4.78 is 12.9. The van der Waals surface area contributed by atoms with E-state index in [9.17, 15) is 14.0 Å². The fraction of sp³-hybridized carbons (Fsp3) is 0.167. The van der Waals surface area contributed by atoms with Crippen LogP contribution in [0.3, 0.4) is 0 Å². The van der Waals surface area contributed by atoms with Crippen LogP contribution in [-0.2, 0) is 13.0 Å². The maximum Gasteiger partial charge on any atom is 0.251 e. The first-order valence-electron chi connectivity index (χ1n) is 9.48. The molecule has 2 amide bonds. The molecule has 4 nitrogen and oxygen atoms in total. The van der Waals surface area contributed by atoms with Crippen molar-refractivity contribution in [1.82, 2.24) is 10.6 Å². The number of nitrogens with one attached hydrogen (secondary N) is 2. The average Bonchev–Trinajstić information content (AvgIpc) is 2.74. The topological polar surface area (TPSA) is 58.2 Å². The Morgan fingerprint density at radius 2 is 1.24 bits per heavy atom. The van der Waals surface area contributed by atoms with Crippen LogP contribution in [-0.4, -0.2) is 18.4 Å². The Morgan fingerprint density at radius 3 is 1.83 bits per heavy atom. The number of halogens is 1. The first kappa shape index (κ1) is 20.3. The second-order valence-electron chi connectivity index (χ2n) is 6.88. The first-order chi connectivity index (χ1) is 14.0. The molecule has 0 saturated carbocycles. The van der Waals surface area contributed by atoms with Crippen LogP contribution in [0.4, 0.5) is 4.39 Å². The van der Waals surface area contributed by atoms with Gasteiger partial charge in [-0.3, -0.25) is 9.59 Å². The van der Waals surface area contributed by atoms with E-state index in [4.69, 9.17) is 0 Å². The second kappa shape index (κ2) is 9.64. The largest absolute Gasteiger partial charge is 0.352 e. The van der Waals surface area contributed by atoms with E-state index < -0.39 is 0 Å². The Hall–Kier alpha value is -3.47. The van der Waals surface area contributed by atoms with Crippen molar-refractivity contribution in [2.75, 3.05) is 6.54 Å². The van der Waals surface area contributed by atoms with Gasteiger partial charge in [0.15, 0.2) is 0 Å². The molecule has 0 aromatic heterocycles. The van der Waals surface area contributed by atoms with Gasteiger partial charge in [-0.05, 0) is 60.9 Å². The third-order valence-corrected chi connectivity index (χ3v) is 4.60. The molecule has 0 aliphatic carbocycles. The molecule has 0 heterocycles. The molecule has 3 aromatic carbocycles. The summed E-state index contributed by atoms with van der Waals surface area (Å²) in [6, 6.07) is 20.7. The van der Waals surface area contributed by atoms with E-state index in [0.717, 1.165) is 11.1 Å². The number of hydrogen-bond acceptors (Lipinski definition) is 2. The molecule has 3 rings (SSSR count). The lowest BCUT2D eigenvalue weighted by molar-refractivity contribution is 0.0940. The van der Waals surface area contributed by atoms with Gasteiger partial charge in [-0.15, -0.1) is 0 Å². The summed E-state index contributed by atoms with van der Waals surface area (Å²) in [5.41, 5.74) is 4.14. The molecule has 0 spiro atoms. The smallest absolute Gasteiger partial charge is 0.251 e. The van der Waals surface area contributed by atoms with Crippen LogP contribution in [0.1, 0.15) is 37.4 Å². The van der Waals surface area contributed by atoms with Gasteiger partial charge < -0.3 is 10.6 Å². The normalized spacial score (nSPS) is 10.4. The minimum atomic E-state index is -0.277. The molecule has 0 aliphatic rings. The summed E-state index contributed by atoms with van der Waals surface area (Å²) >= 11 is 0. The molecule has 0 saturated heterocycles. The van der Waals surface area contributed by atoms with E-state index in [1.807, 2.05) is 31.2 Å². The minimum absolute atomic E-state index is 0.186. The van der Waals surface area contributed by atoms with E-state index in [1.165, 1.54) is 17.7 Å². The van der Waals surface area contributed by atoms with Crippen molar-refractivity contribution in [2.45, 2.75) is 19.9 Å². The first-order valence-corrected chi connectivity index (χ1v) is 9.48. The van der Waals surface area contributed by atoms with Crippen LogP contribution >= 0.6 is 0 Å². The van der Waals surface area contributed by atoms with Crippen LogP contribution in [0, 0.1) is 12.7 Å². The van der Waals surface area contributed by atoms with Crippen molar-refractivity contribution in [3.05, 3.63) is 106 Å². The zero-order valence-corrected chi connectivity index (χ0v) is 16.2. The maximum atomic E-state index is 12.9. The highest BCUT2D eigenvalue weighted by molar-refractivity contribution is 5.97. The van der Waals surface area contributed by atoms with Crippen molar-refractivity contribution in [2.24, 2.45) is 0 Å². The molecule has 0 aliphatic heterocycles. The molecule has 3 aromatic rings. The Bertz CT molecular complexity index is 965. The number of hydrogen-bond donors (Lipinski definition) is 2. The van der Waals surface area contributed by atoms with E-state index in [2.05, 4.69) is 10.6 Å². The number of aryl methyl sites for hydroxylation is 1. The van der Waals surface area contributed by atoms with Gasteiger partial charge in [0.2, 0.25) is 0 Å². The molecule has 0 bridgehead atoms. The zero-order chi connectivity index (χ0) is 20.6. The highest BCUT2D eigenvalue weighted by Crippen LogP contribution is 2.07. The third-order valence-electron chi connectivity index (χ3n) is 4.60. The van der Waals surface area contributed by atoms with Gasteiger partial charge in [0.1, 0.15) is 5.82 Å². The van der Waals surface area contributed by atoms with Gasteiger partial charge in [0, 0.05) is 24.2 Å². The zero-order valence-electron chi connectivity index (χ0n) is 16.2. The van der Waals surface area contributed by atoms with Crippen molar-refractivity contribution >= 4 is 11.8 Å². The van der Waals surface area contributed by atoms with Crippen LogP contribution in [0.25, 0.3) is 0 Å². The molecule has 5 heteroatoms. The molecule has 0 atom stereocenters. The molecular weight excluding hydrogens is 367 g/mol. The van der Waals surface area contributed by atoms with E-state index in [1.54, 1.807) is 36.4 Å². The lowest BCUT2D eigenvalue weighted by atomic mass is 10.1. The molecule has 148 valence electrons. The van der Waals surface area contributed by atoms with E-state index in [0.29, 0.717) is 30.6 Å². The van der Waals surface area contributed by atoms with Crippen molar-refractivity contribution in [1.29, 1.82) is 0 Å². The maximum absolute atomic E-state index is 12.9. The predicted octanol–water partition coefficient (Wildman–Crippen LogP) is 4.04. The molecular formula is C24H23FN2O2. The Kier molecular flexibility index (Phi) is 6.74. The Morgan fingerprint density at radius 1 is 0.724 bits per heavy atom. The lowest BCUT2D eigenvalue weighted by Gasteiger charge is -2.08. The summed E-state index contributed by atoms with van der Waals surface area (Å²) in [6.45, 7) is 2.91. The van der Waals surface area contributed by atoms with Gasteiger partial charge in [-0.2, -0.15) is 0 Å². The standard InChI is InChI=1S/C24H23FN2O2/c1-17-2-4-19(5-3-17)16-27-24(29)21-10-8-20(9-11-21)23(28)26-15-14-18-6-12-22(25)13-7-18/h2-13H,14-16H2,1H3,(H,26,28)(H,27,29). The summed E-state index contributed by atoms with van der Waals surface area (Å²) in [5.74, 6) is -0.673. The number of carbonyl (C=O) groups excluding carboxylic acids is 2. The average molecular weight is 390 g/mol. The summed E-state index contributed by atoms with van der Waals surface area (Å²) in [5, 5.41) is 5.70. The quantitative estimate of drug-likeness (QED) is 0.640. The third kappa shape index (κ3) is 6.01. The van der Waals surface area contributed by atoms with Gasteiger partial charge in [0.25, 0.3) is 11.8 Å². The van der Waals surface area contributed by atoms with E-state index >= 15 is 0 Å². The molecule has 0 fully saturated rings. The minimum Gasteiger partial charge on any atom is -0.352 e. The van der Waals surface area contributed by atoms with E-state index in [-0.39, 0.29) is 17.6 Å². The lowest BCUT2D eigenvalue weighted by Crippen LogP contribution is -2.26. The van der Waals surface area contributed by atoms with Gasteiger partial charge in [0.05, 0.1) is 0 Å². The van der Waals surface area contributed by atoms with Crippen LogP contribution in [0.15, 0.2) is 72.8 Å². The number of rotatable bonds is 7. The summed E-state index contributed by atoms with van der Waals surface area (Å²) in [7, 11) is 0. The summed E-state index contributed by atoms with van der Waals surface area (Å²) in [4.78, 5) is 24.5. The van der Waals surface area contributed by atoms with Crippen LogP contribution < -0.4 is 10.6 Å². The Balaban J connectivity index is 1.47. The molecule has 29 heavy (non-hydrogen) atoms. The number of benzene rings is 3. The van der Waals surface area contributed by atoms with Gasteiger partial charge in [-0.1, -0.05) is 42.0 Å². The SMILES string of the molecule is Cc1ccc(CNC(=O)c2ccc(C(=O)NCCc3ccc(F)cc3)cc2)cc1. The fourth-order valence-electron chi connectivity index (χ4n) is 2.84. The molecule has 0 radical (unpaired) electrons. The highest BCUT2D eigenvalue weighted by atomic mass is 19.1. The molecule has 2 N–H and O–H groups in total. The van der Waals surface area contributed by atoms with Gasteiger partial charge >= 0.3 is 0 Å². The fourth-order valence-corrected chi connectivity index (χ4v) is 2.84. The van der Waals surface area contributed by atoms with Crippen molar-refractivity contribution in [3.63, 3.8) is 0 Å². The van der Waals surface area contributed by atoms with Gasteiger partial charge in [-0.25, -0.2) is 4.39 Å². The highest BCUT2D eigenvalue weighted by Gasteiger charge is 2.09. The van der Waals surface area contributed by atoms with Crippen LogP contribution in [0.5, 0.6) is 0 Å². The monoisotopic (exact) mass is 390 g/mol. The van der Waals surface area contributed by atoms with Crippen LogP contribution in [0.2, 0.25) is 0 Å². The molecule has 0 unspecified atom stereocenters. The second-order valence-corrected chi connectivity index (χ2v) is 6.88. The number of carbonyl (C=O) groups is 2.